The van der Waals surface area contributed by atoms with Gasteiger partial charge in [0.15, 0.2) is 23.0 Å². The van der Waals surface area contributed by atoms with Crippen molar-refractivity contribution in [2.45, 2.75) is 26.9 Å². The first-order valence-corrected chi connectivity index (χ1v) is 8.99. The summed E-state index contributed by atoms with van der Waals surface area (Å²) < 4.78 is 10.3. The van der Waals surface area contributed by atoms with Gasteiger partial charge >= 0.3 is 0 Å². The highest BCUT2D eigenvalue weighted by molar-refractivity contribution is 5.46. The highest BCUT2D eigenvalue weighted by Gasteiger charge is 2.18. The molecule has 6 heteroatoms. The van der Waals surface area contributed by atoms with Crippen LogP contribution in [0.15, 0.2) is 36.4 Å². The zero-order valence-electron chi connectivity index (χ0n) is 16.5. The highest BCUT2D eigenvalue weighted by Crippen LogP contribution is 2.30. The van der Waals surface area contributed by atoms with Crippen LogP contribution in [-0.2, 0) is 13.1 Å². The molecule has 0 atom stereocenters. The van der Waals surface area contributed by atoms with Gasteiger partial charge in [-0.15, -0.1) is 0 Å². The lowest BCUT2D eigenvalue weighted by Gasteiger charge is -2.26. The number of methoxy groups -OCH3 is 2. The molecule has 148 valence electrons. The van der Waals surface area contributed by atoms with E-state index in [1.54, 1.807) is 26.4 Å². The van der Waals surface area contributed by atoms with Crippen molar-refractivity contribution in [2.75, 3.05) is 27.3 Å². The molecule has 0 aliphatic rings. The van der Waals surface area contributed by atoms with E-state index in [1.807, 2.05) is 24.3 Å². The normalized spacial score (nSPS) is 11.4. The first-order valence-electron chi connectivity index (χ1n) is 8.99. The van der Waals surface area contributed by atoms with Crippen LogP contribution in [0.3, 0.4) is 0 Å². The minimum atomic E-state index is -0.0109. The fraction of sp³-hybridized carbons (Fsp3) is 0.429. The van der Waals surface area contributed by atoms with E-state index in [4.69, 9.17) is 9.47 Å². The second-order valence-corrected chi connectivity index (χ2v) is 7.31. The van der Waals surface area contributed by atoms with Crippen molar-refractivity contribution in [2.24, 2.45) is 5.41 Å². The molecule has 0 aliphatic carbocycles. The van der Waals surface area contributed by atoms with Crippen LogP contribution in [0.5, 0.6) is 23.0 Å². The number of rotatable bonds is 10. The third-order valence-electron chi connectivity index (χ3n) is 4.44. The number of ether oxygens (including phenoxy) is 2. The summed E-state index contributed by atoms with van der Waals surface area (Å²) in [6.07, 6.45) is 0. The van der Waals surface area contributed by atoms with E-state index >= 15 is 0 Å². The van der Waals surface area contributed by atoms with Crippen molar-refractivity contribution >= 4 is 0 Å². The largest absolute Gasteiger partial charge is 0.504 e. The zero-order valence-corrected chi connectivity index (χ0v) is 16.5. The number of nitrogens with one attached hydrogen (secondary N) is 2. The van der Waals surface area contributed by atoms with E-state index < -0.39 is 0 Å². The Kier molecular flexibility index (Phi) is 7.33. The molecule has 0 aliphatic heterocycles. The van der Waals surface area contributed by atoms with Crippen LogP contribution in [0.25, 0.3) is 0 Å². The minimum Gasteiger partial charge on any atom is -0.504 e. The van der Waals surface area contributed by atoms with Crippen molar-refractivity contribution in [3.63, 3.8) is 0 Å². The van der Waals surface area contributed by atoms with Gasteiger partial charge in [-0.25, -0.2) is 0 Å². The Labute approximate surface area is 161 Å². The third-order valence-corrected chi connectivity index (χ3v) is 4.44. The molecule has 0 bridgehead atoms. The summed E-state index contributed by atoms with van der Waals surface area (Å²) in [4.78, 5) is 0. The molecule has 0 spiro atoms. The minimum absolute atomic E-state index is 0.0109. The van der Waals surface area contributed by atoms with Crippen molar-refractivity contribution in [3.8, 4) is 23.0 Å². The molecule has 0 saturated heterocycles. The summed E-state index contributed by atoms with van der Waals surface area (Å²) in [5, 5.41) is 27.1. The summed E-state index contributed by atoms with van der Waals surface area (Å²) >= 11 is 0. The SMILES string of the molecule is COc1cccc(CNCC(C)(C)CNCc2cccc(OC)c2O)c1O. The van der Waals surface area contributed by atoms with Gasteiger partial charge < -0.3 is 30.3 Å². The quantitative estimate of drug-likeness (QED) is 0.512. The van der Waals surface area contributed by atoms with E-state index in [9.17, 15) is 10.2 Å². The van der Waals surface area contributed by atoms with E-state index in [0.717, 1.165) is 24.2 Å². The molecule has 27 heavy (non-hydrogen) atoms. The number of para-hydroxylation sites is 2. The molecule has 0 fully saturated rings. The van der Waals surface area contributed by atoms with Gasteiger partial charge in [0.05, 0.1) is 14.2 Å². The van der Waals surface area contributed by atoms with E-state index in [0.29, 0.717) is 24.6 Å². The molecular weight excluding hydrogens is 344 g/mol. The zero-order chi connectivity index (χ0) is 19.9. The van der Waals surface area contributed by atoms with Gasteiger partial charge in [0.2, 0.25) is 0 Å². The van der Waals surface area contributed by atoms with Crippen LogP contribution in [0.4, 0.5) is 0 Å². The van der Waals surface area contributed by atoms with Crippen LogP contribution in [0.1, 0.15) is 25.0 Å². The van der Waals surface area contributed by atoms with Gasteiger partial charge in [-0.1, -0.05) is 38.1 Å². The summed E-state index contributed by atoms with van der Waals surface area (Å²) in [6, 6.07) is 11.0. The van der Waals surface area contributed by atoms with Gasteiger partial charge in [-0.3, -0.25) is 0 Å². The smallest absolute Gasteiger partial charge is 0.162 e. The van der Waals surface area contributed by atoms with Crippen molar-refractivity contribution in [3.05, 3.63) is 47.5 Å². The highest BCUT2D eigenvalue weighted by atomic mass is 16.5. The van der Waals surface area contributed by atoms with Gasteiger partial charge in [-0.05, 0) is 17.5 Å². The molecular formula is C21H30N2O4. The fourth-order valence-electron chi connectivity index (χ4n) is 2.88. The predicted molar refractivity (Wildman–Crippen MR) is 107 cm³/mol. The van der Waals surface area contributed by atoms with Crippen molar-refractivity contribution in [1.29, 1.82) is 0 Å². The summed E-state index contributed by atoms with van der Waals surface area (Å²) in [5.41, 5.74) is 1.60. The Bertz CT molecular complexity index is 685. The Morgan fingerprint density at radius 1 is 0.778 bits per heavy atom. The number of phenols is 2. The van der Waals surface area contributed by atoms with Crippen molar-refractivity contribution < 1.29 is 19.7 Å². The summed E-state index contributed by atoms with van der Waals surface area (Å²) in [6.45, 7) is 6.96. The first-order chi connectivity index (χ1) is 12.9. The Morgan fingerprint density at radius 2 is 1.19 bits per heavy atom. The maximum Gasteiger partial charge on any atom is 0.162 e. The van der Waals surface area contributed by atoms with Gasteiger partial charge in [0.1, 0.15) is 0 Å². The number of phenolic OH excluding ortho intramolecular Hbond substituents is 2. The van der Waals surface area contributed by atoms with Gasteiger partial charge in [-0.2, -0.15) is 0 Å². The van der Waals surface area contributed by atoms with E-state index in [-0.39, 0.29) is 16.9 Å². The van der Waals surface area contributed by atoms with Crippen LogP contribution in [0, 0.1) is 5.41 Å². The number of aromatic hydroxyl groups is 2. The molecule has 6 nitrogen and oxygen atoms in total. The second-order valence-electron chi connectivity index (χ2n) is 7.31. The van der Waals surface area contributed by atoms with Crippen LogP contribution >= 0.6 is 0 Å². The maximum absolute atomic E-state index is 10.1. The second kappa shape index (κ2) is 9.48. The first kappa shape index (κ1) is 20.9. The molecule has 2 aromatic rings. The van der Waals surface area contributed by atoms with Crippen LogP contribution in [-0.4, -0.2) is 37.5 Å². The predicted octanol–water partition coefficient (Wildman–Crippen LogP) is 3.02. The Balaban J connectivity index is 1.82. The number of hydrogen-bond donors (Lipinski definition) is 4. The molecule has 0 saturated carbocycles. The molecule has 0 unspecified atom stereocenters. The number of benzene rings is 2. The number of hydrogen-bond acceptors (Lipinski definition) is 6. The van der Waals surface area contributed by atoms with Crippen LogP contribution < -0.4 is 20.1 Å². The lowest BCUT2D eigenvalue weighted by atomic mass is 9.93. The Morgan fingerprint density at radius 3 is 1.56 bits per heavy atom. The van der Waals surface area contributed by atoms with E-state index in [1.165, 1.54) is 0 Å². The molecule has 0 heterocycles. The maximum atomic E-state index is 10.1. The molecule has 2 rings (SSSR count). The standard InChI is InChI=1S/C21H30N2O4/c1-21(2,13-22-11-15-7-5-9-17(26-3)19(15)24)14-23-12-16-8-6-10-18(27-4)20(16)25/h5-10,22-25H,11-14H2,1-4H3. The lowest BCUT2D eigenvalue weighted by molar-refractivity contribution is 0.315. The van der Waals surface area contributed by atoms with Gasteiger partial charge in [0, 0.05) is 37.3 Å². The average molecular weight is 374 g/mol. The summed E-state index contributed by atoms with van der Waals surface area (Å²) in [5.74, 6) is 1.32. The summed E-state index contributed by atoms with van der Waals surface area (Å²) in [7, 11) is 3.09. The van der Waals surface area contributed by atoms with E-state index in [2.05, 4.69) is 24.5 Å². The topological polar surface area (TPSA) is 83.0 Å². The molecule has 0 aromatic heterocycles. The van der Waals surface area contributed by atoms with Crippen LogP contribution in [0.2, 0.25) is 0 Å². The molecule has 0 radical (unpaired) electrons. The van der Waals surface area contributed by atoms with Gasteiger partial charge in [0.25, 0.3) is 0 Å². The Hall–Kier alpha value is -2.44. The average Bonchev–Trinajstić information content (AvgIpc) is 2.64. The third kappa shape index (κ3) is 5.77. The lowest BCUT2D eigenvalue weighted by Crippen LogP contribution is -2.37. The molecule has 4 N–H and O–H groups in total. The molecule has 2 aromatic carbocycles. The fourth-order valence-corrected chi connectivity index (χ4v) is 2.88. The van der Waals surface area contributed by atoms with Crippen molar-refractivity contribution in [1.82, 2.24) is 10.6 Å². The monoisotopic (exact) mass is 374 g/mol. The molecule has 0 amide bonds.